The van der Waals surface area contributed by atoms with Gasteiger partial charge in [-0.1, -0.05) is 53.8 Å². The molecule has 3 heterocycles. The summed E-state index contributed by atoms with van der Waals surface area (Å²) < 4.78 is 12.6. The van der Waals surface area contributed by atoms with Crippen LogP contribution in [-0.2, 0) is 16.0 Å². The fourth-order valence-corrected chi connectivity index (χ4v) is 6.61. The van der Waals surface area contributed by atoms with Crippen LogP contribution in [0, 0.1) is 0 Å². The molecule has 0 fully saturated rings. The van der Waals surface area contributed by atoms with Gasteiger partial charge in [-0.3, -0.25) is 9.36 Å². The van der Waals surface area contributed by atoms with E-state index in [0.29, 0.717) is 15.1 Å². The predicted molar refractivity (Wildman–Crippen MR) is 141 cm³/mol. The average molecular weight is 515 g/mol. The van der Waals surface area contributed by atoms with Gasteiger partial charge in [-0.2, -0.15) is 0 Å². The molecule has 1 aliphatic carbocycles. The zero-order valence-electron chi connectivity index (χ0n) is 19.5. The number of thiazole rings is 1. The number of hydrogen-bond donors (Lipinski definition) is 0. The first kappa shape index (κ1) is 22.7. The van der Waals surface area contributed by atoms with E-state index in [1.54, 1.807) is 23.5 Å². The van der Waals surface area contributed by atoms with E-state index in [1.807, 2.05) is 28.8 Å². The molecule has 0 amide bonds. The summed E-state index contributed by atoms with van der Waals surface area (Å²) >= 11 is 3.07. The molecule has 1 aliphatic heterocycles. The molecule has 36 heavy (non-hydrogen) atoms. The van der Waals surface area contributed by atoms with Gasteiger partial charge in [0, 0.05) is 10.4 Å². The van der Waals surface area contributed by atoms with Crippen LogP contribution in [0.3, 0.4) is 0 Å². The Labute approximate surface area is 215 Å². The molecule has 2 aromatic carbocycles. The molecule has 0 N–H and O–H groups in total. The number of hydrogen-bond acceptors (Lipinski definition) is 7. The Morgan fingerprint density at radius 3 is 2.86 bits per heavy atom. The van der Waals surface area contributed by atoms with E-state index >= 15 is 0 Å². The largest absolute Gasteiger partial charge is 0.482 e. The van der Waals surface area contributed by atoms with Crippen LogP contribution in [0.4, 0.5) is 0 Å². The van der Waals surface area contributed by atoms with E-state index in [9.17, 15) is 9.59 Å². The van der Waals surface area contributed by atoms with Crippen LogP contribution in [0.25, 0.3) is 11.8 Å². The second kappa shape index (κ2) is 9.37. The summed E-state index contributed by atoms with van der Waals surface area (Å²) in [5.74, 6) is 0.0817. The lowest BCUT2D eigenvalue weighted by molar-refractivity contribution is -0.142. The number of rotatable bonds is 5. The maximum absolute atomic E-state index is 13.8. The van der Waals surface area contributed by atoms with Gasteiger partial charge in [-0.05, 0) is 59.2 Å². The van der Waals surface area contributed by atoms with E-state index < -0.39 is 5.97 Å². The molecule has 0 spiro atoms. The van der Waals surface area contributed by atoms with Crippen molar-refractivity contribution in [3.8, 4) is 5.75 Å². The Hall–Kier alpha value is -3.75. The highest BCUT2D eigenvalue weighted by molar-refractivity contribution is 7.10. The highest BCUT2D eigenvalue weighted by atomic mass is 32.1. The maximum atomic E-state index is 13.8. The molecule has 1 atom stereocenters. The van der Waals surface area contributed by atoms with Gasteiger partial charge in [0.2, 0.25) is 0 Å². The molecule has 2 aromatic heterocycles. The predicted octanol–water partition coefficient (Wildman–Crippen LogP) is 3.93. The Balaban J connectivity index is 1.48. The van der Waals surface area contributed by atoms with E-state index in [-0.39, 0.29) is 18.2 Å². The number of thiophene rings is 1. The van der Waals surface area contributed by atoms with Gasteiger partial charge in [0.05, 0.1) is 23.4 Å². The average Bonchev–Trinajstić information content (AvgIpc) is 3.55. The summed E-state index contributed by atoms with van der Waals surface area (Å²) in [6.07, 6.45) is 3.67. The minimum Gasteiger partial charge on any atom is -0.482 e. The van der Waals surface area contributed by atoms with Gasteiger partial charge in [-0.15, -0.1) is 11.3 Å². The summed E-state index contributed by atoms with van der Waals surface area (Å²) in [4.78, 5) is 32.1. The van der Waals surface area contributed by atoms with Crippen LogP contribution in [-0.4, -0.2) is 24.3 Å². The van der Waals surface area contributed by atoms with Crippen LogP contribution in [0.5, 0.6) is 5.75 Å². The van der Waals surface area contributed by atoms with Gasteiger partial charge in [0.15, 0.2) is 11.4 Å². The van der Waals surface area contributed by atoms with Gasteiger partial charge in [0.25, 0.3) is 5.56 Å². The lowest BCUT2D eigenvalue weighted by Crippen LogP contribution is -2.38. The highest BCUT2D eigenvalue weighted by Gasteiger charge is 2.32. The number of methoxy groups -OCH3 is 1. The van der Waals surface area contributed by atoms with Gasteiger partial charge in [0.1, 0.15) is 5.75 Å². The van der Waals surface area contributed by atoms with E-state index in [0.717, 1.165) is 34.5 Å². The van der Waals surface area contributed by atoms with Crippen LogP contribution >= 0.6 is 22.7 Å². The molecule has 8 heteroatoms. The summed E-state index contributed by atoms with van der Waals surface area (Å²) in [6.45, 7) is -0.171. The second-order valence-electron chi connectivity index (χ2n) is 8.57. The van der Waals surface area contributed by atoms with Crippen molar-refractivity contribution in [2.45, 2.75) is 18.9 Å². The molecule has 0 bridgehead atoms. The lowest BCUT2D eigenvalue weighted by Gasteiger charge is -2.30. The number of carbonyl (C=O) groups excluding carboxylic acids is 1. The van der Waals surface area contributed by atoms with Crippen LogP contribution in [0.2, 0.25) is 0 Å². The standard InChI is InChI=1S/C28H22N2O4S2/c1-33-24(31)16-34-19-8-4-6-17(14-19)15-23-27(32)30-26(22-10-5-13-35-22)21-12-11-18-7-2-3-9-20(18)25(21)29-28(30)36-23/h2-10,13-15,26H,11-12,16H2,1H3. The van der Waals surface area contributed by atoms with Crippen molar-refractivity contribution in [1.29, 1.82) is 0 Å². The van der Waals surface area contributed by atoms with Crippen LogP contribution in [0.1, 0.15) is 34.0 Å². The third kappa shape index (κ3) is 4.02. The fraction of sp³-hybridized carbons (Fsp3) is 0.179. The SMILES string of the molecule is COC(=O)COc1cccc(C=c2sc3n(c2=O)C(c2cccs2)C2=C(N=3)c3ccccc3CC2)c1. The summed E-state index contributed by atoms with van der Waals surface area (Å²) in [6, 6.07) is 19.7. The Morgan fingerprint density at radius 1 is 1.14 bits per heavy atom. The number of allylic oxidation sites excluding steroid dienone is 1. The first-order valence-electron chi connectivity index (χ1n) is 11.6. The van der Waals surface area contributed by atoms with Crippen molar-refractivity contribution in [1.82, 2.24) is 4.57 Å². The zero-order chi connectivity index (χ0) is 24.6. The summed E-state index contributed by atoms with van der Waals surface area (Å²) in [5, 5.41) is 2.06. The van der Waals surface area contributed by atoms with Gasteiger partial charge in [-0.25, -0.2) is 9.79 Å². The molecular formula is C28H22N2O4S2. The molecule has 4 aromatic rings. The second-order valence-corrected chi connectivity index (χ2v) is 10.6. The van der Waals surface area contributed by atoms with Crippen molar-refractivity contribution < 1.29 is 14.3 Å². The lowest BCUT2D eigenvalue weighted by atomic mass is 9.85. The van der Waals surface area contributed by atoms with Crippen molar-refractivity contribution in [2.75, 3.05) is 13.7 Å². The monoisotopic (exact) mass is 514 g/mol. The quantitative estimate of drug-likeness (QED) is 0.379. The van der Waals surface area contributed by atoms with E-state index in [1.165, 1.54) is 29.6 Å². The van der Waals surface area contributed by atoms with Crippen LogP contribution in [0.15, 0.2) is 81.4 Å². The Morgan fingerprint density at radius 2 is 2.03 bits per heavy atom. The number of carbonyl (C=O) groups is 1. The van der Waals surface area contributed by atoms with E-state index in [2.05, 4.69) is 40.4 Å². The molecule has 1 unspecified atom stereocenters. The van der Waals surface area contributed by atoms with Gasteiger partial charge >= 0.3 is 5.97 Å². The number of nitrogens with zero attached hydrogens (tertiary/aromatic N) is 2. The molecule has 180 valence electrons. The number of ether oxygens (including phenoxy) is 2. The molecule has 0 radical (unpaired) electrons. The molecule has 0 saturated carbocycles. The normalized spacial score (nSPS) is 16.6. The first-order chi connectivity index (χ1) is 17.6. The zero-order valence-corrected chi connectivity index (χ0v) is 21.1. The van der Waals surface area contributed by atoms with Crippen molar-refractivity contribution in [2.24, 2.45) is 4.99 Å². The third-order valence-electron chi connectivity index (χ3n) is 6.43. The smallest absolute Gasteiger partial charge is 0.343 e. The minimum absolute atomic E-state index is 0.0524. The number of aryl methyl sites for hydroxylation is 1. The van der Waals surface area contributed by atoms with Crippen molar-refractivity contribution >= 4 is 40.4 Å². The minimum atomic E-state index is -0.451. The Kier molecular flexibility index (Phi) is 5.91. The first-order valence-corrected chi connectivity index (χ1v) is 13.3. The Bertz CT molecular complexity index is 1680. The van der Waals surface area contributed by atoms with E-state index in [4.69, 9.17) is 9.73 Å². The van der Waals surface area contributed by atoms with Crippen molar-refractivity contribution in [3.05, 3.63) is 113 Å². The number of fused-ring (bicyclic) bond motifs is 3. The molecule has 6 rings (SSSR count). The summed E-state index contributed by atoms with van der Waals surface area (Å²) in [5.41, 5.74) is 5.42. The topological polar surface area (TPSA) is 69.9 Å². The van der Waals surface area contributed by atoms with Gasteiger partial charge < -0.3 is 9.47 Å². The molecular weight excluding hydrogens is 492 g/mol. The molecule has 6 nitrogen and oxygen atoms in total. The van der Waals surface area contributed by atoms with Crippen molar-refractivity contribution in [3.63, 3.8) is 0 Å². The number of aromatic nitrogens is 1. The summed E-state index contributed by atoms with van der Waals surface area (Å²) in [7, 11) is 1.32. The molecule has 2 aliphatic rings. The van der Waals surface area contributed by atoms with Crippen LogP contribution < -0.4 is 19.6 Å². The maximum Gasteiger partial charge on any atom is 0.343 e. The number of esters is 1. The third-order valence-corrected chi connectivity index (χ3v) is 8.33. The fourth-order valence-electron chi connectivity index (χ4n) is 4.76. The number of benzene rings is 2. The molecule has 0 saturated heterocycles. The highest BCUT2D eigenvalue weighted by Crippen LogP contribution is 2.42.